The fourth-order valence-corrected chi connectivity index (χ4v) is 5.68. The van der Waals surface area contributed by atoms with Crippen molar-refractivity contribution in [1.29, 1.82) is 0 Å². The van der Waals surface area contributed by atoms with Crippen molar-refractivity contribution in [3.63, 3.8) is 0 Å². The number of phenols is 4. The van der Waals surface area contributed by atoms with Crippen LogP contribution in [0.15, 0.2) is 115 Å². The maximum Gasteiger partial charge on any atom is 0.120 e. The molecule has 0 aromatic heterocycles. The molecule has 0 saturated carbocycles. The van der Waals surface area contributed by atoms with Gasteiger partial charge in [-0.1, -0.05) is 78.9 Å². The van der Waals surface area contributed by atoms with Gasteiger partial charge in [-0.25, -0.2) is 0 Å². The van der Waals surface area contributed by atoms with E-state index >= 15 is 0 Å². The van der Waals surface area contributed by atoms with Gasteiger partial charge < -0.3 is 20.4 Å². The Bertz CT molecular complexity index is 1700. The zero-order valence-electron chi connectivity index (χ0n) is 20.8. The van der Waals surface area contributed by atoms with Crippen molar-refractivity contribution in [2.45, 2.75) is 12.3 Å². The maximum atomic E-state index is 11.4. The summed E-state index contributed by atoms with van der Waals surface area (Å²) >= 11 is 0. The average Bonchev–Trinajstić information content (AvgIpc) is 2.93. The molecule has 0 amide bonds. The Labute approximate surface area is 220 Å². The van der Waals surface area contributed by atoms with Gasteiger partial charge in [-0.3, -0.25) is 0 Å². The van der Waals surface area contributed by atoms with E-state index in [1.807, 2.05) is 61.5 Å². The van der Waals surface area contributed by atoms with E-state index in [0.29, 0.717) is 21.9 Å². The first kappa shape index (κ1) is 23.4. The van der Waals surface area contributed by atoms with Gasteiger partial charge >= 0.3 is 0 Å². The molecule has 6 aromatic rings. The van der Waals surface area contributed by atoms with Gasteiger partial charge in [0.1, 0.15) is 23.0 Å². The van der Waals surface area contributed by atoms with Crippen LogP contribution in [0.25, 0.3) is 32.7 Å². The third-order valence-electron chi connectivity index (χ3n) is 7.54. The normalized spacial score (nSPS) is 11.7. The number of phenolic OH excluding ortho intramolecular Hbond substituents is 4. The Hall–Kier alpha value is -4.96. The van der Waals surface area contributed by atoms with Crippen molar-refractivity contribution in [3.05, 3.63) is 132 Å². The Balaban J connectivity index is 1.72. The maximum absolute atomic E-state index is 11.4. The van der Waals surface area contributed by atoms with Crippen molar-refractivity contribution in [2.75, 3.05) is 0 Å². The molecule has 0 aliphatic carbocycles. The molecule has 0 aliphatic heterocycles. The molecule has 0 atom stereocenters. The minimum atomic E-state index is -1.08. The Kier molecular flexibility index (Phi) is 5.46. The van der Waals surface area contributed by atoms with Crippen molar-refractivity contribution < 1.29 is 20.4 Å². The van der Waals surface area contributed by atoms with Gasteiger partial charge in [-0.2, -0.15) is 0 Å². The molecule has 0 saturated heterocycles. The highest BCUT2D eigenvalue weighted by Gasteiger charge is 2.39. The zero-order valence-corrected chi connectivity index (χ0v) is 20.8. The van der Waals surface area contributed by atoms with E-state index in [0.717, 1.165) is 27.5 Å². The minimum absolute atomic E-state index is 0.0364. The van der Waals surface area contributed by atoms with Crippen LogP contribution in [0.3, 0.4) is 0 Å². The highest BCUT2D eigenvalue weighted by atomic mass is 16.3. The summed E-state index contributed by atoms with van der Waals surface area (Å²) < 4.78 is 0. The zero-order chi connectivity index (χ0) is 26.4. The first-order valence-electron chi connectivity index (χ1n) is 12.4. The molecule has 0 fully saturated rings. The predicted molar refractivity (Wildman–Crippen MR) is 152 cm³/mol. The van der Waals surface area contributed by atoms with Gasteiger partial charge in [-0.15, -0.1) is 0 Å². The quantitative estimate of drug-likeness (QED) is 0.187. The molecule has 38 heavy (non-hydrogen) atoms. The molecule has 4 nitrogen and oxygen atoms in total. The van der Waals surface area contributed by atoms with Crippen molar-refractivity contribution in [1.82, 2.24) is 0 Å². The molecule has 0 bridgehead atoms. The molecule has 4 N–H and O–H groups in total. The van der Waals surface area contributed by atoms with Crippen LogP contribution in [0.1, 0.15) is 23.6 Å². The average molecular weight is 499 g/mol. The molecule has 0 heterocycles. The monoisotopic (exact) mass is 498 g/mol. The highest BCUT2D eigenvalue weighted by molar-refractivity contribution is 5.96. The lowest BCUT2D eigenvalue weighted by Gasteiger charge is -2.35. The van der Waals surface area contributed by atoms with Gasteiger partial charge in [0.05, 0.1) is 5.41 Å². The van der Waals surface area contributed by atoms with Crippen LogP contribution >= 0.6 is 0 Å². The SMILES string of the molecule is CC(c1ccc(-c2ccccc2)cc1)(c1c(O)ccc2ccc(O)cc12)c1c(O)ccc2ccc(O)cc12. The predicted octanol–water partition coefficient (Wildman–Crippen LogP) is 7.84. The lowest BCUT2D eigenvalue weighted by molar-refractivity contribution is 0.445. The number of aromatic hydroxyl groups is 4. The summed E-state index contributed by atoms with van der Waals surface area (Å²) in [7, 11) is 0. The Morgan fingerprint density at radius 3 is 1.42 bits per heavy atom. The Morgan fingerprint density at radius 1 is 0.474 bits per heavy atom. The van der Waals surface area contributed by atoms with Crippen LogP contribution in [-0.2, 0) is 5.41 Å². The molecule has 0 spiro atoms. The second-order valence-electron chi connectivity index (χ2n) is 9.80. The third kappa shape index (κ3) is 3.70. The van der Waals surface area contributed by atoms with E-state index in [1.54, 1.807) is 60.7 Å². The van der Waals surface area contributed by atoms with Crippen LogP contribution in [-0.4, -0.2) is 20.4 Å². The summed E-state index contributed by atoms with van der Waals surface area (Å²) in [5.41, 5.74) is 2.96. The van der Waals surface area contributed by atoms with Crippen LogP contribution in [0.5, 0.6) is 23.0 Å². The molecule has 0 unspecified atom stereocenters. The van der Waals surface area contributed by atoms with Gasteiger partial charge in [0.2, 0.25) is 0 Å². The topological polar surface area (TPSA) is 80.9 Å². The molecule has 0 aliphatic rings. The van der Waals surface area contributed by atoms with E-state index in [-0.39, 0.29) is 23.0 Å². The molecule has 6 rings (SSSR count). The summed E-state index contributed by atoms with van der Waals surface area (Å²) in [5.74, 6) is 0.223. The molecular formula is C34H26O4. The number of rotatable bonds is 4. The summed E-state index contributed by atoms with van der Waals surface area (Å²) in [5, 5.41) is 46.6. The first-order valence-corrected chi connectivity index (χ1v) is 12.4. The largest absolute Gasteiger partial charge is 0.508 e. The first-order chi connectivity index (χ1) is 18.4. The van der Waals surface area contributed by atoms with E-state index < -0.39 is 5.41 Å². The van der Waals surface area contributed by atoms with Crippen LogP contribution in [0, 0.1) is 0 Å². The number of benzene rings is 6. The lowest BCUT2D eigenvalue weighted by atomic mass is 9.67. The molecular weight excluding hydrogens is 472 g/mol. The van der Waals surface area contributed by atoms with Crippen LogP contribution < -0.4 is 0 Å². The molecule has 0 radical (unpaired) electrons. The lowest BCUT2D eigenvalue weighted by Crippen LogP contribution is -2.26. The van der Waals surface area contributed by atoms with Crippen molar-refractivity contribution >= 4 is 21.5 Å². The summed E-state index contributed by atoms with van der Waals surface area (Å²) in [6.07, 6.45) is 0. The van der Waals surface area contributed by atoms with Crippen LogP contribution in [0.4, 0.5) is 0 Å². The van der Waals surface area contributed by atoms with E-state index in [9.17, 15) is 20.4 Å². The second kappa shape index (κ2) is 8.86. The standard InChI is InChI=1S/C34H26O4/c1-34(25-13-7-22(8-14-25)21-5-3-2-4-6-21,32-28-19-26(35)15-9-23(28)11-17-30(32)37)33-29-20-27(36)16-10-24(29)12-18-31(33)38/h2-20,35-38H,1H3. The second-order valence-corrected chi connectivity index (χ2v) is 9.80. The number of hydrogen-bond acceptors (Lipinski definition) is 4. The Morgan fingerprint density at radius 2 is 0.921 bits per heavy atom. The number of fused-ring (bicyclic) bond motifs is 2. The third-order valence-corrected chi connectivity index (χ3v) is 7.54. The smallest absolute Gasteiger partial charge is 0.120 e. The number of hydrogen-bond donors (Lipinski definition) is 4. The van der Waals surface area contributed by atoms with Gasteiger partial charge in [0.25, 0.3) is 0 Å². The van der Waals surface area contributed by atoms with Crippen molar-refractivity contribution in [2.24, 2.45) is 0 Å². The summed E-state index contributed by atoms with van der Waals surface area (Å²) in [6.45, 7) is 1.96. The molecule has 186 valence electrons. The van der Waals surface area contributed by atoms with E-state index in [2.05, 4.69) is 0 Å². The molecule has 6 aromatic carbocycles. The fraction of sp³-hybridized carbons (Fsp3) is 0.0588. The molecule has 4 heteroatoms. The minimum Gasteiger partial charge on any atom is -0.508 e. The highest BCUT2D eigenvalue weighted by Crippen LogP contribution is 2.51. The van der Waals surface area contributed by atoms with Gasteiger partial charge in [-0.05, 0) is 81.6 Å². The van der Waals surface area contributed by atoms with E-state index in [1.165, 1.54) is 0 Å². The van der Waals surface area contributed by atoms with Gasteiger partial charge in [0.15, 0.2) is 0 Å². The van der Waals surface area contributed by atoms with E-state index in [4.69, 9.17) is 0 Å². The van der Waals surface area contributed by atoms with Gasteiger partial charge in [0, 0.05) is 11.1 Å². The summed E-state index contributed by atoms with van der Waals surface area (Å²) in [4.78, 5) is 0. The fourth-order valence-electron chi connectivity index (χ4n) is 5.68. The van der Waals surface area contributed by atoms with Crippen molar-refractivity contribution in [3.8, 4) is 34.1 Å². The summed E-state index contributed by atoms with van der Waals surface area (Å²) in [6, 6.07) is 35.2. The van der Waals surface area contributed by atoms with Crippen LogP contribution in [0.2, 0.25) is 0 Å².